The van der Waals surface area contributed by atoms with Crippen LogP contribution in [0.1, 0.15) is 30.5 Å². The molecule has 0 saturated heterocycles. The van der Waals surface area contributed by atoms with Gasteiger partial charge in [-0.25, -0.2) is 4.79 Å². The third-order valence-corrected chi connectivity index (χ3v) is 6.06. The number of aryl methyl sites for hydroxylation is 2. The van der Waals surface area contributed by atoms with Crippen molar-refractivity contribution in [3.8, 4) is 0 Å². The van der Waals surface area contributed by atoms with Crippen LogP contribution in [0, 0.1) is 13.8 Å². The first-order valence-corrected chi connectivity index (χ1v) is 11.4. The first-order valence-electron chi connectivity index (χ1n) is 11.0. The number of H-pyrrole nitrogens is 1. The number of benzene rings is 2. The summed E-state index contributed by atoms with van der Waals surface area (Å²) in [7, 11) is 0. The number of carbonyl (C=O) groups is 1. The van der Waals surface area contributed by atoms with Gasteiger partial charge in [-0.05, 0) is 62.3 Å². The van der Waals surface area contributed by atoms with Gasteiger partial charge in [-0.1, -0.05) is 43.6 Å². The van der Waals surface area contributed by atoms with Gasteiger partial charge < -0.3 is 20.1 Å². The second-order valence-corrected chi connectivity index (χ2v) is 8.44. The number of nitrogens with one attached hydrogen (secondary N) is 2. The van der Waals surface area contributed by atoms with E-state index in [-0.39, 0.29) is 18.1 Å². The molecule has 32 heavy (non-hydrogen) atoms. The Balaban J connectivity index is 1.90. The van der Waals surface area contributed by atoms with Gasteiger partial charge in [-0.2, -0.15) is 0 Å². The Hall–Kier alpha value is -2.83. The van der Waals surface area contributed by atoms with E-state index in [9.17, 15) is 9.59 Å². The van der Waals surface area contributed by atoms with Crippen molar-refractivity contribution in [2.75, 3.05) is 31.5 Å². The predicted octanol–water partition coefficient (Wildman–Crippen LogP) is 5.17. The molecule has 0 fully saturated rings. The molecule has 7 heteroatoms. The number of amides is 2. The van der Waals surface area contributed by atoms with E-state index in [0.29, 0.717) is 22.8 Å². The number of urea groups is 1. The lowest BCUT2D eigenvalue weighted by Crippen LogP contribution is -2.41. The van der Waals surface area contributed by atoms with Crippen molar-refractivity contribution in [3.63, 3.8) is 0 Å². The van der Waals surface area contributed by atoms with Gasteiger partial charge in [0.05, 0.1) is 12.1 Å². The summed E-state index contributed by atoms with van der Waals surface area (Å²) < 4.78 is 0. The van der Waals surface area contributed by atoms with Crippen LogP contribution in [0.4, 0.5) is 10.5 Å². The standard InChI is InChI=1S/C25H31ClN4O2/c1-5-29(6-2)12-13-30(25(32)27-21-9-7-8-20(26)15-21)16-19-14-22-17(3)10-11-18(4)23(22)28-24(19)31/h7-11,14-15H,5-6,12-13,16H2,1-4H3,(H,27,32)(H,28,31). The molecule has 0 aliphatic heterocycles. The van der Waals surface area contributed by atoms with E-state index in [1.807, 2.05) is 32.0 Å². The third kappa shape index (κ3) is 5.69. The van der Waals surface area contributed by atoms with Crippen LogP contribution < -0.4 is 10.9 Å². The van der Waals surface area contributed by atoms with Crippen LogP contribution in [0.3, 0.4) is 0 Å². The van der Waals surface area contributed by atoms with E-state index in [0.717, 1.165) is 41.7 Å². The summed E-state index contributed by atoms with van der Waals surface area (Å²) in [4.78, 5) is 33.0. The monoisotopic (exact) mass is 454 g/mol. The van der Waals surface area contributed by atoms with E-state index in [4.69, 9.17) is 11.6 Å². The molecule has 2 amide bonds. The van der Waals surface area contributed by atoms with Gasteiger partial charge in [0.15, 0.2) is 0 Å². The van der Waals surface area contributed by atoms with Gasteiger partial charge in [0.25, 0.3) is 5.56 Å². The molecule has 170 valence electrons. The first-order chi connectivity index (χ1) is 15.3. The van der Waals surface area contributed by atoms with Crippen molar-refractivity contribution in [1.82, 2.24) is 14.8 Å². The van der Waals surface area contributed by atoms with Crippen LogP contribution in [0.15, 0.2) is 47.3 Å². The van der Waals surface area contributed by atoms with Crippen molar-refractivity contribution in [1.29, 1.82) is 0 Å². The van der Waals surface area contributed by atoms with E-state index in [1.165, 1.54) is 0 Å². The number of nitrogens with zero attached hydrogens (tertiary/aromatic N) is 2. The highest BCUT2D eigenvalue weighted by Crippen LogP contribution is 2.21. The highest BCUT2D eigenvalue weighted by molar-refractivity contribution is 6.30. The average molecular weight is 455 g/mol. The lowest BCUT2D eigenvalue weighted by Gasteiger charge is -2.27. The van der Waals surface area contributed by atoms with Crippen molar-refractivity contribution < 1.29 is 4.79 Å². The highest BCUT2D eigenvalue weighted by atomic mass is 35.5. The molecule has 3 aromatic rings. The molecule has 2 N–H and O–H groups in total. The van der Waals surface area contributed by atoms with Crippen molar-refractivity contribution >= 4 is 34.2 Å². The molecule has 0 bridgehead atoms. The van der Waals surface area contributed by atoms with Crippen LogP contribution in [0.5, 0.6) is 0 Å². The van der Waals surface area contributed by atoms with Crippen molar-refractivity contribution in [2.45, 2.75) is 34.2 Å². The quantitative estimate of drug-likeness (QED) is 0.493. The van der Waals surface area contributed by atoms with Gasteiger partial charge >= 0.3 is 6.03 Å². The van der Waals surface area contributed by atoms with Crippen molar-refractivity contribution in [3.05, 3.63) is 74.5 Å². The zero-order valence-corrected chi connectivity index (χ0v) is 19.9. The Morgan fingerprint density at radius 1 is 1.03 bits per heavy atom. The minimum atomic E-state index is -0.264. The molecule has 0 aliphatic rings. The minimum Gasteiger partial charge on any atom is -0.321 e. The number of fused-ring (bicyclic) bond motifs is 1. The SMILES string of the molecule is CCN(CC)CCN(Cc1cc2c(C)ccc(C)c2[nH]c1=O)C(=O)Nc1cccc(Cl)c1. The maximum Gasteiger partial charge on any atom is 0.322 e. The number of anilines is 1. The first kappa shape index (κ1) is 23.8. The number of hydrogen-bond acceptors (Lipinski definition) is 3. The summed E-state index contributed by atoms with van der Waals surface area (Å²) in [5.74, 6) is 0. The Kier molecular flexibility index (Phi) is 7.94. The number of hydrogen-bond donors (Lipinski definition) is 2. The Labute approximate surface area is 194 Å². The van der Waals surface area contributed by atoms with Gasteiger partial charge in [0.2, 0.25) is 0 Å². The van der Waals surface area contributed by atoms with Gasteiger partial charge in [-0.3, -0.25) is 4.79 Å². The summed E-state index contributed by atoms with van der Waals surface area (Å²) in [6.07, 6.45) is 0. The van der Waals surface area contributed by atoms with E-state index in [1.54, 1.807) is 29.2 Å². The third-order valence-electron chi connectivity index (χ3n) is 5.83. The molecule has 0 atom stereocenters. The Bertz CT molecular complexity index is 1150. The van der Waals surface area contributed by atoms with E-state index in [2.05, 4.69) is 29.0 Å². The van der Waals surface area contributed by atoms with E-state index >= 15 is 0 Å². The maximum absolute atomic E-state index is 13.2. The normalized spacial score (nSPS) is 11.2. The predicted molar refractivity (Wildman–Crippen MR) is 133 cm³/mol. The second-order valence-electron chi connectivity index (χ2n) is 8.00. The summed E-state index contributed by atoms with van der Waals surface area (Å²) in [5, 5.41) is 4.46. The molecule has 3 rings (SSSR count). The summed E-state index contributed by atoms with van der Waals surface area (Å²) in [6.45, 7) is 11.4. The zero-order chi connectivity index (χ0) is 23.3. The lowest BCUT2D eigenvalue weighted by molar-refractivity contribution is 0.194. The molecule has 0 spiro atoms. The minimum absolute atomic E-state index is 0.172. The Morgan fingerprint density at radius 2 is 1.75 bits per heavy atom. The Morgan fingerprint density at radius 3 is 2.44 bits per heavy atom. The van der Waals surface area contributed by atoms with Gasteiger partial charge in [-0.15, -0.1) is 0 Å². The summed E-state index contributed by atoms with van der Waals surface area (Å²) in [6, 6.07) is 12.7. The smallest absolute Gasteiger partial charge is 0.321 e. The summed E-state index contributed by atoms with van der Waals surface area (Å²) >= 11 is 6.06. The fourth-order valence-electron chi connectivity index (χ4n) is 3.76. The fraction of sp³-hybridized carbons (Fsp3) is 0.360. The maximum atomic E-state index is 13.2. The number of aromatic nitrogens is 1. The molecule has 6 nitrogen and oxygen atoms in total. The summed E-state index contributed by atoms with van der Waals surface area (Å²) in [5.41, 5.74) is 3.96. The number of aromatic amines is 1. The van der Waals surface area contributed by atoms with Crippen LogP contribution in [-0.2, 0) is 6.54 Å². The van der Waals surface area contributed by atoms with Crippen LogP contribution in [0.25, 0.3) is 10.9 Å². The highest BCUT2D eigenvalue weighted by Gasteiger charge is 2.18. The molecule has 1 heterocycles. The molecular formula is C25H31ClN4O2. The number of rotatable bonds is 8. The van der Waals surface area contributed by atoms with E-state index < -0.39 is 0 Å². The number of likely N-dealkylation sites (N-methyl/N-ethyl adjacent to an activating group) is 1. The largest absolute Gasteiger partial charge is 0.322 e. The van der Waals surface area contributed by atoms with Crippen LogP contribution >= 0.6 is 11.6 Å². The van der Waals surface area contributed by atoms with Crippen LogP contribution in [-0.4, -0.2) is 47.0 Å². The zero-order valence-electron chi connectivity index (χ0n) is 19.2. The topological polar surface area (TPSA) is 68.4 Å². The average Bonchev–Trinajstić information content (AvgIpc) is 2.77. The second kappa shape index (κ2) is 10.7. The lowest BCUT2D eigenvalue weighted by atomic mass is 10.0. The number of halogens is 1. The van der Waals surface area contributed by atoms with Gasteiger partial charge in [0.1, 0.15) is 0 Å². The molecular weight excluding hydrogens is 424 g/mol. The molecule has 0 radical (unpaired) electrons. The van der Waals surface area contributed by atoms with Gasteiger partial charge in [0, 0.05) is 34.7 Å². The fourth-order valence-corrected chi connectivity index (χ4v) is 3.95. The molecule has 0 aliphatic carbocycles. The molecule has 0 unspecified atom stereocenters. The number of pyridine rings is 1. The molecule has 1 aromatic heterocycles. The number of carbonyl (C=O) groups excluding carboxylic acids is 1. The van der Waals surface area contributed by atoms with Crippen molar-refractivity contribution in [2.24, 2.45) is 0 Å². The molecule has 0 saturated carbocycles. The van der Waals surface area contributed by atoms with Crippen LogP contribution in [0.2, 0.25) is 5.02 Å². The molecule has 2 aromatic carbocycles.